The van der Waals surface area contributed by atoms with Gasteiger partial charge in [0.15, 0.2) is 6.19 Å². The monoisotopic (exact) mass is 435 g/mol. The number of nitrogens with zero attached hydrogens (tertiary/aromatic N) is 2. The fourth-order valence-electron chi connectivity index (χ4n) is 2.85. The van der Waals surface area contributed by atoms with Gasteiger partial charge in [0.1, 0.15) is 0 Å². The van der Waals surface area contributed by atoms with Gasteiger partial charge in [0.2, 0.25) is 5.96 Å². The molecule has 0 saturated carbocycles. The summed E-state index contributed by atoms with van der Waals surface area (Å²) in [5, 5.41) is 23.6. The molecule has 0 unspecified atom stereocenters. The molecular weight excluding hydrogens is 402 g/mol. The lowest BCUT2D eigenvalue weighted by Gasteiger charge is -2.17. The van der Waals surface area contributed by atoms with Crippen LogP contribution in [0.5, 0.6) is 0 Å². The molecule has 5 N–H and O–H groups in total. The zero-order valence-corrected chi connectivity index (χ0v) is 19.1. The molecule has 1 rings (SSSR count). The van der Waals surface area contributed by atoms with E-state index in [0.717, 1.165) is 28.8 Å². The van der Waals surface area contributed by atoms with Crippen LogP contribution < -0.4 is 16.4 Å². The number of guanidine groups is 1. The summed E-state index contributed by atoms with van der Waals surface area (Å²) in [6.07, 6.45) is 13.1. The van der Waals surface area contributed by atoms with E-state index in [9.17, 15) is 4.79 Å². The average molecular weight is 436 g/mol. The number of unbranched alkanes of at least 4 members (excludes halogenated alkanes) is 2. The summed E-state index contributed by atoms with van der Waals surface area (Å²) in [5.41, 5.74) is 8.96. The molecule has 1 aromatic rings. The van der Waals surface area contributed by atoms with Crippen molar-refractivity contribution in [3.63, 3.8) is 0 Å². The highest BCUT2D eigenvalue weighted by Gasteiger charge is 2.12. The van der Waals surface area contributed by atoms with Gasteiger partial charge in [-0.05, 0) is 68.9 Å². The number of hydrogen-bond donors (Lipinski definition) is 4. The first kappa shape index (κ1) is 26.2. The fraction of sp³-hybridized carbons (Fsp3) is 0.320. The topological polar surface area (TPSA) is 124 Å². The zero-order chi connectivity index (χ0) is 24.0. The Bertz CT molecular complexity index is 944. The van der Waals surface area contributed by atoms with E-state index in [2.05, 4.69) is 28.3 Å². The van der Waals surface area contributed by atoms with E-state index in [1.54, 1.807) is 6.08 Å². The van der Waals surface area contributed by atoms with Crippen LogP contribution in [-0.4, -0.2) is 22.6 Å². The minimum absolute atomic E-state index is 0.153. The Labute approximate surface area is 190 Å². The molecule has 32 heavy (non-hydrogen) atoms. The van der Waals surface area contributed by atoms with E-state index >= 15 is 0 Å². The van der Waals surface area contributed by atoms with Gasteiger partial charge in [-0.15, -0.1) is 0 Å². The SMILES string of the molecule is C=C\C=C/C(=C\N)C(=C/CCCCC(=O)O)/c1cccc(NC(=NC(C)(C)C)NC#N)c1. The number of benzene rings is 1. The molecule has 7 nitrogen and oxygen atoms in total. The number of aliphatic imine (C=N–C) groups is 1. The second-order valence-electron chi connectivity index (χ2n) is 8.05. The number of aliphatic carboxylic acids is 1. The van der Waals surface area contributed by atoms with Crippen LogP contribution in [0.1, 0.15) is 52.0 Å². The zero-order valence-electron chi connectivity index (χ0n) is 19.1. The summed E-state index contributed by atoms with van der Waals surface area (Å²) < 4.78 is 0. The van der Waals surface area contributed by atoms with E-state index < -0.39 is 5.97 Å². The Morgan fingerprint density at radius 1 is 1.34 bits per heavy atom. The Balaban J connectivity index is 3.25. The quantitative estimate of drug-likeness (QED) is 0.103. The van der Waals surface area contributed by atoms with Crippen molar-refractivity contribution in [1.82, 2.24) is 5.32 Å². The molecule has 0 spiro atoms. The van der Waals surface area contributed by atoms with Crippen molar-refractivity contribution in [3.8, 4) is 6.19 Å². The van der Waals surface area contributed by atoms with Crippen LogP contribution in [0.25, 0.3) is 5.57 Å². The van der Waals surface area contributed by atoms with E-state index in [4.69, 9.17) is 16.1 Å². The van der Waals surface area contributed by atoms with Crippen molar-refractivity contribution < 1.29 is 9.90 Å². The first-order valence-electron chi connectivity index (χ1n) is 10.5. The maximum atomic E-state index is 10.7. The van der Waals surface area contributed by atoms with Gasteiger partial charge in [0.05, 0.1) is 5.54 Å². The number of nitrogens with two attached hydrogens (primary N) is 1. The molecule has 0 fully saturated rings. The molecule has 7 heteroatoms. The molecule has 0 aromatic heterocycles. The van der Waals surface area contributed by atoms with Gasteiger partial charge in [0, 0.05) is 18.3 Å². The number of carboxylic acid groups (broad SMARTS) is 1. The predicted octanol–water partition coefficient (Wildman–Crippen LogP) is 4.94. The maximum absolute atomic E-state index is 10.7. The van der Waals surface area contributed by atoms with Crippen molar-refractivity contribution in [2.24, 2.45) is 10.7 Å². The van der Waals surface area contributed by atoms with Crippen molar-refractivity contribution in [3.05, 3.63) is 72.5 Å². The van der Waals surface area contributed by atoms with Gasteiger partial charge < -0.3 is 16.2 Å². The van der Waals surface area contributed by atoms with Gasteiger partial charge in [0.25, 0.3) is 0 Å². The summed E-state index contributed by atoms with van der Waals surface area (Å²) >= 11 is 0. The Morgan fingerprint density at radius 3 is 2.69 bits per heavy atom. The predicted molar refractivity (Wildman–Crippen MR) is 132 cm³/mol. The third kappa shape index (κ3) is 10.3. The van der Waals surface area contributed by atoms with Crippen molar-refractivity contribution >= 4 is 23.2 Å². The van der Waals surface area contributed by atoms with Crippen LogP contribution in [0.4, 0.5) is 5.69 Å². The minimum atomic E-state index is -0.789. The number of nitriles is 1. The summed E-state index contributed by atoms with van der Waals surface area (Å²) in [5.74, 6) is -0.430. The van der Waals surface area contributed by atoms with E-state index in [1.165, 1.54) is 6.20 Å². The van der Waals surface area contributed by atoms with Crippen LogP contribution in [0, 0.1) is 11.5 Å². The van der Waals surface area contributed by atoms with Crippen molar-refractivity contribution in [1.29, 1.82) is 5.26 Å². The molecule has 0 aliphatic rings. The molecule has 170 valence electrons. The smallest absolute Gasteiger partial charge is 0.303 e. The number of nitrogens with one attached hydrogen (secondary N) is 2. The molecule has 0 radical (unpaired) electrons. The molecule has 0 atom stereocenters. The number of rotatable bonds is 10. The summed E-state index contributed by atoms with van der Waals surface area (Å²) in [7, 11) is 0. The van der Waals surface area contributed by atoms with E-state index in [-0.39, 0.29) is 12.0 Å². The molecule has 0 amide bonds. The minimum Gasteiger partial charge on any atom is -0.481 e. The standard InChI is InChI=1S/C25H33N5O2/c1-5-6-11-20(17-26)22(14-8-7-9-15-23(31)32)19-12-10-13-21(16-19)29-24(28-18-27)30-25(2,3)4/h5-6,10-14,16-17H,1,7-9,15,26H2,2-4H3,(H,31,32)(H2,28,29,30)/b11-6-,20-17+,22-14+. The number of hydrogen-bond acceptors (Lipinski definition) is 4. The van der Waals surface area contributed by atoms with Crippen molar-refractivity contribution in [2.75, 3.05) is 5.32 Å². The first-order chi connectivity index (χ1) is 15.2. The number of carboxylic acids is 1. The van der Waals surface area contributed by atoms with Gasteiger partial charge >= 0.3 is 5.97 Å². The van der Waals surface area contributed by atoms with Crippen molar-refractivity contribution in [2.45, 2.75) is 52.0 Å². The highest BCUT2D eigenvalue weighted by molar-refractivity contribution is 5.95. The average Bonchev–Trinajstić information content (AvgIpc) is 2.71. The Kier molecular flexibility index (Phi) is 11.1. The fourth-order valence-corrected chi connectivity index (χ4v) is 2.85. The summed E-state index contributed by atoms with van der Waals surface area (Å²) in [6.45, 7) is 9.54. The van der Waals surface area contributed by atoms with Gasteiger partial charge in [-0.3, -0.25) is 10.1 Å². The molecule has 0 aliphatic carbocycles. The molecular formula is C25H33N5O2. The second-order valence-corrected chi connectivity index (χ2v) is 8.05. The van der Waals surface area contributed by atoms with Crippen LogP contribution in [0.15, 0.2) is 71.9 Å². The number of allylic oxidation sites excluding steroid dienone is 6. The maximum Gasteiger partial charge on any atom is 0.303 e. The lowest BCUT2D eigenvalue weighted by atomic mass is 9.95. The highest BCUT2D eigenvalue weighted by atomic mass is 16.4. The van der Waals surface area contributed by atoms with Gasteiger partial charge in [-0.1, -0.05) is 43.0 Å². The first-order valence-corrected chi connectivity index (χ1v) is 10.5. The Morgan fingerprint density at radius 2 is 2.09 bits per heavy atom. The molecule has 0 saturated heterocycles. The lowest BCUT2D eigenvalue weighted by Crippen LogP contribution is -2.30. The largest absolute Gasteiger partial charge is 0.481 e. The van der Waals surface area contributed by atoms with Crippen LogP contribution >= 0.6 is 0 Å². The molecule has 0 bridgehead atoms. The third-order valence-corrected chi connectivity index (χ3v) is 4.15. The Hall–Kier alpha value is -3.79. The highest BCUT2D eigenvalue weighted by Crippen LogP contribution is 2.27. The van der Waals surface area contributed by atoms with E-state index in [0.29, 0.717) is 18.8 Å². The molecule has 0 aliphatic heterocycles. The second kappa shape index (κ2) is 13.5. The van der Waals surface area contributed by atoms with Gasteiger partial charge in [-0.2, -0.15) is 5.26 Å². The number of anilines is 1. The summed E-state index contributed by atoms with van der Waals surface area (Å²) in [6, 6.07) is 7.71. The van der Waals surface area contributed by atoms with Crippen LogP contribution in [0.3, 0.4) is 0 Å². The molecule has 1 aromatic carbocycles. The third-order valence-electron chi connectivity index (χ3n) is 4.15. The van der Waals surface area contributed by atoms with Crippen LogP contribution in [0.2, 0.25) is 0 Å². The van der Waals surface area contributed by atoms with Gasteiger partial charge in [-0.25, -0.2) is 4.99 Å². The number of carbonyl (C=O) groups is 1. The molecule has 0 heterocycles. The summed E-state index contributed by atoms with van der Waals surface area (Å²) in [4.78, 5) is 15.2. The van der Waals surface area contributed by atoms with Crippen LogP contribution in [-0.2, 0) is 4.79 Å². The van der Waals surface area contributed by atoms with E-state index in [1.807, 2.05) is 63.4 Å². The lowest BCUT2D eigenvalue weighted by molar-refractivity contribution is -0.137. The normalized spacial score (nSPS) is 13.0.